The standard InChI is InChI=1S/C55H64N2O2/c1-9-17-37-29-41(30-38(18-10-2)53(37)58-51-27-25-43(56)33-47(51)35(5)6)55(49-23-15-13-21-45(49)46-22-14-16-24-50(46)55)42-31-39(19-11-3)54(40(32-42)20-12-4)59-52-28-26-44(57)34-48(52)36(7)8/h13-16,21-36H,9-12,17-20,56-57H2,1-8H3. The fourth-order valence-corrected chi connectivity index (χ4v) is 9.49. The summed E-state index contributed by atoms with van der Waals surface area (Å²) in [6.07, 6.45) is 7.62. The van der Waals surface area contributed by atoms with E-state index in [1.54, 1.807) is 0 Å². The Bertz CT molecular complexity index is 2210. The normalized spacial score (nSPS) is 12.8. The maximum Gasteiger partial charge on any atom is 0.133 e. The van der Waals surface area contributed by atoms with Crippen molar-refractivity contribution in [3.63, 3.8) is 0 Å². The number of aryl methyl sites for hydroxylation is 4. The molecular formula is C55H64N2O2. The first kappa shape index (κ1) is 41.7. The number of nitrogens with two attached hydrogens (primary N) is 2. The summed E-state index contributed by atoms with van der Waals surface area (Å²) < 4.78 is 14.2. The minimum Gasteiger partial charge on any atom is -0.456 e. The zero-order valence-corrected chi connectivity index (χ0v) is 36.7. The number of benzene rings is 6. The van der Waals surface area contributed by atoms with Crippen LogP contribution in [-0.2, 0) is 31.1 Å². The Hall–Kier alpha value is -5.48. The molecule has 0 saturated carbocycles. The van der Waals surface area contributed by atoms with Gasteiger partial charge in [0, 0.05) is 11.4 Å². The molecule has 0 aliphatic heterocycles. The minimum atomic E-state index is -0.575. The molecule has 0 aromatic heterocycles. The van der Waals surface area contributed by atoms with Crippen LogP contribution in [0.15, 0.2) is 109 Å². The number of anilines is 2. The van der Waals surface area contributed by atoms with Crippen LogP contribution in [0.3, 0.4) is 0 Å². The Labute approximate surface area is 354 Å². The van der Waals surface area contributed by atoms with E-state index in [-0.39, 0.29) is 11.8 Å². The number of rotatable bonds is 16. The quantitative estimate of drug-likeness (QED) is 0.0958. The fraction of sp³-hybridized carbons (Fsp3) is 0.345. The van der Waals surface area contributed by atoms with E-state index in [1.807, 2.05) is 12.1 Å². The predicted molar refractivity (Wildman–Crippen MR) is 250 cm³/mol. The van der Waals surface area contributed by atoms with Gasteiger partial charge in [-0.2, -0.15) is 0 Å². The first-order chi connectivity index (χ1) is 28.5. The van der Waals surface area contributed by atoms with Gasteiger partial charge < -0.3 is 20.9 Å². The summed E-state index contributed by atoms with van der Waals surface area (Å²) in [7, 11) is 0. The summed E-state index contributed by atoms with van der Waals surface area (Å²) >= 11 is 0. The first-order valence-electron chi connectivity index (χ1n) is 22.2. The number of hydrogen-bond acceptors (Lipinski definition) is 4. The summed E-state index contributed by atoms with van der Waals surface area (Å²) in [5, 5.41) is 0. The average molecular weight is 785 g/mol. The lowest BCUT2D eigenvalue weighted by atomic mass is 9.66. The molecule has 6 aromatic rings. The van der Waals surface area contributed by atoms with E-state index in [0.29, 0.717) is 0 Å². The number of nitrogen functional groups attached to an aromatic ring is 2. The summed E-state index contributed by atoms with van der Waals surface area (Å²) in [6.45, 7) is 17.9. The molecule has 0 heterocycles. The smallest absolute Gasteiger partial charge is 0.133 e. The monoisotopic (exact) mass is 784 g/mol. The third kappa shape index (κ3) is 7.87. The first-order valence-corrected chi connectivity index (χ1v) is 22.2. The molecule has 0 saturated heterocycles. The zero-order chi connectivity index (χ0) is 41.8. The molecule has 4 N–H and O–H groups in total. The van der Waals surface area contributed by atoms with Gasteiger partial charge >= 0.3 is 0 Å². The van der Waals surface area contributed by atoms with Gasteiger partial charge in [0.2, 0.25) is 0 Å². The van der Waals surface area contributed by atoms with Crippen molar-refractivity contribution in [2.75, 3.05) is 11.5 Å². The Balaban J connectivity index is 1.54. The van der Waals surface area contributed by atoms with Crippen molar-refractivity contribution in [3.8, 4) is 34.1 Å². The minimum absolute atomic E-state index is 0.269. The van der Waals surface area contributed by atoms with Gasteiger partial charge in [0.15, 0.2) is 0 Å². The highest BCUT2D eigenvalue weighted by atomic mass is 16.5. The molecule has 1 aliphatic rings. The van der Waals surface area contributed by atoms with Crippen molar-refractivity contribution in [2.45, 2.75) is 124 Å². The van der Waals surface area contributed by atoms with Gasteiger partial charge in [-0.25, -0.2) is 0 Å². The van der Waals surface area contributed by atoms with Crippen molar-refractivity contribution < 1.29 is 9.47 Å². The fourth-order valence-electron chi connectivity index (χ4n) is 9.49. The van der Waals surface area contributed by atoms with E-state index in [1.165, 1.54) is 55.6 Å². The van der Waals surface area contributed by atoms with E-state index in [2.05, 4.69) is 152 Å². The summed E-state index contributed by atoms with van der Waals surface area (Å²) in [6, 6.07) is 40.3. The average Bonchev–Trinajstić information content (AvgIpc) is 3.52. The Kier molecular flexibility index (Phi) is 12.6. The van der Waals surface area contributed by atoms with E-state index >= 15 is 0 Å². The molecule has 1 aliphatic carbocycles. The molecule has 59 heavy (non-hydrogen) atoms. The number of hydrogen-bond donors (Lipinski definition) is 2. The summed E-state index contributed by atoms with van der Waals surface area (Å²) in [4.78, 5) is 0. The van der Waals surface area contributed by atoms with Crippen molar-refractivity contribution in [2.24, 2.45) is 0 Å². The third-order valence-corrected chi connectivity index (χ3v) is 12.1. The van der Waals surface area contributed by atoms with Crippen LogP contribution in [-0.4, -0.2) is 0 Å². The molecule has 0 radical (unpaired) electrons. The molecule has 7 rings (SSSR count). The molecule has 4 nitrogen and oxygen atoms in total. The number of fused-ring (bicyclic) bond motifs is 3. The maximum atomic E-state index is 7.12. The Morgan fingerprint density at radius 2 is 0.797 bits per heavy atom. The highest BCUT2D eigenvalue weighted by Crippen LogP contribution is 2.58. The third-order valence-electron chi connectivity index (χ3n) is 12.1. The van der Waals surface area contributed by atoms with Crippen LogP contribution in [0.4, 0.5) is 11.4 Å². The largest absolute Gasteiger partial charge is 0.456 e. The highest BCUT2D eigenvalue weighted by molar-refractivity contribution is 5.86. The topological polar surface area (TPSA) is 70.5 Å². The van der Waals surface area contributed by atoms with E-state index in [9.17, 15) is 0 Å². The second kappa shape index (κ2) is 17.8. The second-order valence-corrected chi connectivity index (χ2v) is 17.2. The molecule has 0 amide bonds. The lowest BCUT2D eigenvalue weighted by Crippen LogP contribution is -2.29. The van der Waals surface area contributed by atoms with Gasteiger partial charge in [0.05, 0.1) is 5.41 Å². The molecule has 6 aromatic carbocycles. The molecule has 306 valence electrons. The van der Waals surface area contributed by atoms with Gasteiger partial charge in [-0.3, -0.25) is 0 Å². The van der Waals surface area contributed by atoms with Gasteiger partial charge in [-0.15, -0.1) is 0 Å². The van der Waals surface area contributed by atoms with Crippen molar-refractivity contribution >= 4 is 11.4 Å². The van der Waals surface area contributed by atoms with Crippen LogP contribution in [0.2, 0.25) is 0 Å². The van der Waals surface area contributed by atoms with Crippen LogP contribution in [0.25, 0.3) is 11.1 Å². The molecular weight excluding hydrogens is 721 g/mol. The van der Waals surface area contributed by atoms with Crippen LogP contribution < -0.4 is 20.9 Å². The summed E-state index contributed by atoms with van der Waals surface area (Å²) in [5.74, 6) is 4.29. The predicted octanol–water partition coefficient (Wildman–Crippen LogP) is 14.9. The van der Waals surface area contributed by atoms with Crippen molar-refractivity contribution in [1.82, 2.24) is 0 Å². The van der Waals surface area contributed by atoms with Crippen molar-refractivity contribution in [1.29, 1.82) is 0 Å². The molecule has 0 spiro atoms. The second-order valence-electron chi connectivity index (χ2n) is 17.2. The lowest BCUT2D eigenvalue weighted by Gasteiger charge is -2.36. The van der Waals surface area contributed by atoms with Crippen LogP contribution in [0.5, 0.6) is 23.0 Å². The van der Waals surface area contributed by atoms with E-state index in [4.69, 9.17) is 20.9 Å². The van der Waals surface area contributed by atoms with E-state index in [0.717, 1.165) is 96.9 Å². The maximum absolute atomic E-state index is 7.12. The van der Waals surface area contributed by atoms with Crippen LogP contribution >= 0.6 is 0 Å². The SMILES string of the molecule is CCCc1cc(C2(c3cc(CCC)c(Oc4ccc(N)cc4C(C)C)c(CCC)c3)c3ccccc3-c3ccccc32)cc(CCC)c1Oc1ccc(N)cc1C(C)C. The highest BCUT2D eigenvalue weighted by Gasteiger charge is 2.47. The van der Waals surface area contributed by atoms with E-state index < -0.39 is 5.41 Å². The Morgan fingerprint density at radius 3 is 1.12 bits per heavy atom. The molecule has 0 bridgehead atoms. The zero-order valence-electron chi connectivity index (χ0n) is 36.7. The van der Waals surface area contributed by atoms with Gasteiger partial charge in [0.25, 0.3) is 0 Å². The molecule has 0 unspecified atom stereocenters. The van der Waals surface area contributed by atoms with Gasteiger partial charge in [-0.05, 0) is 141 Å². The van der Waals surface area contributed by atoms with Crippen LogP contribution in [0, 0.1) is 0 Å². The Morgan fingerprint density at radius 1 is 0.458 bits per heavy atom. The lowest BCUT2D eigenvalue weighted by molar-refractivity contribution is 0.459. The van der Waals surface area contributed by atoms with Gasteiger partial charge in [-0.1, -0.05) is 154 Å². The van der Waals surface area contributed by atoms with Crippen LogP contribution in [0.1, 0.15) is 149 Å². The molecule has 0 atom stereocenters. The number of ether oxygens (including phenoxy) is 2. The molecule has 0 fully saturated rings. The summed E-state index contributed by atoms with van der Waals surface area (Å²) in [5.41, 5.74) is 28.6. The van der Waals surface area contributed by atoms with Gasteiger partial charge in [0.1, 0.15) is 23.0 Å². The molecule has 4 heteroatoms. The van der Waals surface area contributed by atoms with Crippen molar-refractivity contribution in [3.05, 3.63) is 165 Å².